The molecule has 1 nitrogen and oxygen atoms in total. The summed E-state index contributed by atoms with van der Waals surface area (Å²) in [5, 5.41) is 4.42. The molecule has 1 N–H and O–H groups in total. The lowest BCUT2D eigenvalue weighted by Gasteiger charge is -2.15. The van der Waals surface area contributed by atoms with Crippen LogP contribution in [0.15, 0.2) is 42.5 Å². The van der Waals surface area contributed by atoms with Gasteiger partial charge >= 0.3 is 0 Å². The van der Waals surface area contributed by atoms with Crippen LogP contribution in [0.5, 0.6) is 0 Å². The van der Waals surface area contributed by atoms with Crippen molar-refractivity contribution in [3.8, 4) is 0 Å². The average Bonchev–Trinajstić information content (AvgIpc) is 2.96. The van der Waals surface area contributed by atoms with Gasteiger partial charge in [-0.15, -0.1) is 0 Å². The van der Waals surface area contributed by atoms with Gasteiger partial charge in [0.2, 0.25) is 0 Å². The molecule has 0 heterocycles. The van der Waals surface area contributed by atoms with Crippen LogP contribution < -0.4 is 5.32 Å². The monoisotopic (exact) mass is 299 g/mol. The Morgan fingerprint density at radius 2 is 1.81 bits per heavy atom. The molecule has 0 bridgehead atoms. The minimum atomic E-state index is 0.406. The smallest absolute Gasteiger partial charge is 0.0406 e. The summed E-state index contributed by atoms with van der Waals surface area (Å²) in [5.74, 6) is 0. The molecule has 0 aromatic heterocycles. The summed E-state index contributed by atoms with van der Waals surface area (Å²) in [5.41, 5.74) is 5.84. The van der Waals surface area contributed by atoms with Crippen molar-refractivity contribution in [1.82, 2.24) is 5.32 Å². The summed E-state index contributed by atoms with van der Waals surface area (Å²) in [6, 6.07) is 15.5. The molecule has 3 rings (SSSR count). The fourth-order valence-electron chi connectivity index (χ4n) is 3.06. The molecule has 110 valence electrons. The van der Waals surface area contributed by atoms with E-state index in [-0.39, 0.29) is 0 Å². The Hall–Kier alpha value is -1.31. The Kier molecular flexibility index (Phi) is 4.62. The molecule has 2 heteroatoms. The predicted octanol–water partition coefficient (Wildman–Crippen LogP) is 4.72. The molecule has 1 atom stereocenters. The van der Waals surface area contributed by atoms with Gasteiger partial charge in [-0.25, -0.2) is 0 Å². The molecule has 0 aliphatic heterocycles. The Bertz CT molecular complexity index is 603. The zero-order chi connectivity index (χ0) is 14.7. The van der Waals surface area contributed by atoms with E-state index in [2.05, 4.69) is 42.6 Å². The van der Waals surface area contributed by atoms with Crippen LogP contribution in [0.25, 0.3) is 0 Å². The third-order valence-corrected chi connectivity index (χ3v) is 4.65. The van der Waals surface area contributed by atoms with E-state index in [1.165, 1.54) is 30.4 Å². The van der Waals surface area contributed by atoms with E-state index >= 15 is 0 Å². The molecule has 0 amide bonds. The minimum absolute atomic E-state index is 0.406. The largest absolute Gasteiger partial charge is 0.310 e. The van der Waals surface area contributed by atoms with Crippen LogP contribution in [0.1, 0.15) is 41.6 Å². The van der Waals surface area contributed by atoms with Crippen molar-refractivity contribution in [2.24, 2.45) is 0 Å². The van der Waals surface area contributed by atoms with Crippen molar-refractivity contribution < 1.29 is 0 Å². The van der Waals surface area contributed by atoms with Gasteiger partial charge in [-0.05, 0) is 73.5 Å². The maximum absolute atomic E-state index is 5.91. The maximum atomic E-state index is 5.91. The van der Waals surface area contributed by atoms with Gasteiger partial charge in [0, 0.05) is 11.1 Å². The lowest BCUT2D eigenvalue weighted by Crippen LogP contribution is -2.21. The Morgan fingerprint density at radius 1 is 1.05 bits per heavy atom. The first-order valence-electron chi connectivity index (χ1n) is 7.82. The van der Waals surface area contributed by atoms with E-state index < -0.39 is 0 Å². The highest BCUT2D eigenvalue weighted by molar-refractivity contribution is 6.30. The van der Waals surface area contributed by atoms with Crippen molar-refractivity contribution in [2.45, 2.75) is 38.6 Å². The third kappa shape index (κ3) is 3.66. The highest BCUT2D eigenvalue weighted by Gasteiger charge is 2.13. The summed E-state index contributed by atoms with van der Waals surface area (Å²) < 4.78 is 0. The summed E-state index contributed by atoms with van der Waals surface area (Å²) in [6.45, 7) is 3.23. The Morgan fingerprint density at radius 3 is 2.62 bits per heavy atom. The fourth-order valence-corrected chi connectivity index (χ4v) is 3.19. The van der Waals surface area contributed by atoms with Gasteiger partial charge in [0.25, 0.3) is 0 Å². The zero-order valence-corrected chi connectivity index (χ0v) is 13.3. The number of benzene rings is 2. The number of nitrogens with one attached hydrogen (secondary N) is 1. The SMILES string of the molecule is CC(NCCc1ccc(Cl)cc1)c1ccc2c(c1)CCC2. The lowest BCUT2D eigenvalue weighted by atomic mass is 10.0. The van der Waals surface area contributed by atoms with Gasteiger partial charge in [-0.2, -0.15) is 0 Å². The van der Waals surface area contributed by atoms with Crippen LogP contribution in [0.2, 0.25) is 5.02 Å². The number of hydrogen-bond donors (Lipinski definition) is 1. The van der Waals surface area contributed by atoms with Gasteiger partial charge in [0.1, 0.15) is 0 Å². The van der Waals surface area contributed by atoms with Crippen LogP contribution in [-0.4, -0.2) is 6.54 Å². The predicted molar refractivity (Wildman–Crippen MR) is 90.0 cm³/mol. The standard InChI is InChI=1S/C19H22ClN/c1-14(17-8-7-16-3-2-4-18(16)13-17)21-12-11-15-5-9-19(20)10-6-15/h5-10,13-14,21H,2-4,11-12H2,1H3. The van der Waals surface area contributed by atoms with E-state index in [1.807, 2.05) is 12.1 Å². The first-order valence-corrected chi connectivity index (χ1v) is 8.20. The molecule has 0 radical (unpaired) electrons. The first kappa shape index (κ1) is 14.6. The van der Waals surface area contributed by atoms with E-state index in [0.29, 0.717) is 6.04 Å². The van der Waals surface area contributed by atoms with E-state index in [4.69, 9.17) is 11.6 Å². The van der Waals surface area contributed by atoms with E-state index in [9.17, 15) is 0 Å². The fraction of sp³-hybridized carbons (Fsp3) is 0.368. The lowest BCUT2D eigenvalue weighted by molar-refractivity contribution is 0.576. The van der Waals surface area contributed by atoms with Crippen molar-refractivity contribution in [3.63, 3.8) is 0 Å². The van der Waals surface area contributed by atoms with Gasteiger partial charge in [-0.1, -0.05) is 41.9 Å². The Labute approximate surface area is 132 Å². The summed E-state index contributed by atoms with van der Waals surface area (Å²) in [4.78, 5) is 0. The third-order valence-electron chi connectivity index (χ3n) is 4.40. The van der Waals surface area contributed by atoms with Crippen molar-refractivity contribution in [3.05, 3.63) is 69.7 Å². The minimum Gasteiger partial charge on any atom is -0.310 e. The second kappa shape index (κ2) is 6.64. The first-order chi connectivity index (χ1) is 10.2. The van der Waals surface area contributed by atoms with Gasteiger partial charge in [-0.3, -0.25) is 0 Å². The highest BCUT2D eigenvalue weighted by atomic mass is 35.5. The quantitative estimate of drug-likeness (QED) is 0.842. The number of halogens is 1. The second-order valence-corrected chi connectivity index (χ2v) is 6.37. The van der Waals surface area contributed by atoms with Crippen molar-refractivity contribution >= 4 is 11.6 Å². The van der Waals surface area contributed by atoms with Crippen LogP contribution in [0.4, 0.5) is 0 Å². The molecule has 0 fully saturated rings. The summed E-state index contributed by atoms with van der Waals surface area (Å²) in [7, 11) is 0. The molecule has 2 aromatic rings. The van der Waals surface area contributed by atoms with Crippen molar-refractivity contribution in [1.29, 1.82) is 0 Å². The summed E-state index contributed by atoms with van der Waals surface area (Å²) in [6.07, 6.45) is 4.86. The van der Waals surface area contributed by atoms with Gasteiger partial charge in [0.15, 0.2) is 0 Å². The molecule has 2 aromatic carbocycles. The number of rotatable bonds is 5. The molecular weight excluding hydrogens is 278 g/mol. The van der Waals surface area contributed by atoms with Crippen LogP contribution in [0, 0.1) is 0 Å². The molecule has 1 aliphatic carbocycles. The molecule has 0 spiro atoms. The molecular formula is C19H22ClN. The molecule has 1 unspecified atom stereocenters. The average molecular weight is 300 g/mol. The van der Waals surface area contributed by atoms with Crippen LogP contribution >= 0.6 is 11.6 Å². The van der Waals surface area contributed by atoms with Crippen molar-refractivity contribution in [2.75, 3.05) is 6.54 Å². The maximum Gasteiger partial charge on any atom is 0.0406 e. The highest BCUT2D eigenvalue weighted by Crippen LogP contribution is 2.25. The normalized spacial score (nSPS) is 15.0. The Balaban J connectivity index is 1.54. The van der Waals surface area contributed by atoms with Crippen LogP contribution in [0.3, 0.4) is 0 Å². The van der Waals surface area contributed by atoms with Gasteiger partial charge in [0.05, 0.1) is 0 Å². The van der Waals surface area contributed by atoms with E-state index in [1.54, 1.807) is 11.1 Å². The summed E-state index contributed by atoms with van der Waals surface area (Å²) >= 11 is 5.91. The molecule has 1 aliphatic rings. The van der Waals surface area contributed by atoms with E-state index in [0.717, 1.165) is 18.0 Å². The number of aryl methyl sites for hydroxylation is 2. The second-order valence-electron chi connectivity index (χ2n) is 5.93. The molecule has 21 heavy (non-hydrogen) atoms. The molecule has 0 saturated carbocycles. The van der Waals surface area contributed by atoms with Crippen LogP contribution in [-0.2, 0) is 19.3 Å². The number of hydrogen-bond acceptors (Lipinski definition) is 1. The van der Waals surface area contributed by atoms with Gasteiger partial charge < -0.3 is 5.32 Å². The number of fused-ring (bicyclic) bond motifs is 1. The topological polar surface area (TPSA) is 12.0 Å². The zero-order valence-electron chi connectivity index (χ0n) is 12.5. The molecule has 0 saturated heterocycles.